The van der Waals surface area contributed by atoms with Crippen molar-refractivity contribution in [3.63, 3.8) is 0 Å². The topological polar surface area (TPSA) is 82.0 Å². The van der Waals surface area contributed by atoms with E-state index in [1.165, 1.54) is 12.4 Å². The van der Waals surface area contributed by atoms with Gasteiger partial charge in [-0.2, -0.15) is 0 Å². The molecule has 0 aliphatic carbocycles. The number of H-pyrrole nitrogens is 1. The molecule has 5 nitrogen and oxygen atoms in total. The summed E-state index contributed by atoms with van der Waals surface area (Å²) >= 11 is 0. The third-order valence-corrected chi connectivity index (χ3v) is 1.38. The average molecular weight is 151 g/mol. The summed E-state index contributed by atoms with van der Waals surface area (Å²) in [4.78, 5) is 9.90. The first-order valence-electron chi connectivity index (χ1n) is 2.99. The molecule has 0 aromatic carbocycles. The molecule has 0 fully saturated rings. The van der Waals surface area contributed by atoms with Gasteiger partial charge in [0.2, 0.25) is 11.8 Å². The van der Waals surface area contributed by atoms with E-state index < -0.39 is 0 Å². The lowest BCUT2D eigenvalue weighted by molar-refractivity contribution is 0.428. The second kappa shape index (κ2) is 1.85. The lowest BCUT2D eigenvalue weighted by Crippen LogP contribution is -1.75. The SMILES string of the molecule is Oc1[nH]c(O)c2nccnc12. The highest BCUT2D eigenvalue weighted by atomic mass is 16.3. The van der Waals surface area contributed by atoms with Crippen LogP contribution in [0.4, 0.5) is 0 Å². The van der Waals surface area contributed by atoms with Crippen LogP contribution in [0.5, 0.6) is 11.8 Å². The van der Waals surface area contributed by atoms with Crippen LogP contribution >= 0.6 is 0 Å². The zero-order chi connectivity index (χ0) is 7.84. The second-order valence-corrected chi connectivity index (χ2v) is 2.08. The highest BCUT2D eigenvalue weighted by Gasteiger charge is 2.08. The van der Waals surface area contributed by atoms with E-state index in [2.05, 4.69) is 15.0 Å². The monoisotopic (exact) mass is 151 g/mol. The standard InChI is InChI=1S/C6H5N3O2/c10-5-3-4(6(11)9-5)8-2-1-7-3/h1-2,9-11H. The molecular weight excluding hydrogens is 146 g/mol. The summed E-state index contributed by atoms with van der Waals surface area (Å²) in [6, 6.07) is 0. The van der Waals surface area contributed by atoms with Crippen LogP contribution in [0.25, 0.3) is 11.0 Å². The predicted octanol–water partition coefficient (Wildman–Crippen LogP) is 0.369. The van der Waals surface area contributed by atoms with Crippen molar-refractivity contribution in [2.75, 3.05) is 0 Å². The summed E-state index contributed by atoms with van der Waals surface area (Å²) in [6.07, 6.45) is 2.88. The van der Waals surface area contributed by atoms with Gasteiger partial charge < -0.3 is 10.2 Å². The highest BCUT2D eigenvalue weighted by Crippen LogP contribution is 2.27. The lowest BCUT2D eigenvalue weighted by Gasteiger charge is -1.84. The van der Waals surface area contributed by atoms with Gasteiger partial charge in [-0.3, -0.25) is 4.98 Å². The van der Waals surface area contributed by atoms with Gasteiger partial charge in [-0.25, -0.2) is 9.97 Å². The molecule has 0 aliphatic heterocycles. The average Bonchev–Trinajstić information content (AvgIpc) is 2.30. The minimum atomic E-state index is -0.161. The minimum Gasteiger partial charge on any atom is -0.493 e. The van der Waals surface area contributed by atoms with E-state index in [1.54, 1.807) is 0 Å². The summed E-state index contributed by atoms with van der Waals surface area (Å²) in [7, 11) is 0. The largest absolute Gasteiger partial charge is 0.493 e. The Morgan fingerprint density at radius 3 is 1.91 bits per heavy atom. The van der Waals surface area contributed by atoms with Crippen molar-refractivity contribution in [2.45, 2.75) is 0 Å². The van der Waals surface area contributed by atoms with Gasteiger partial charge in [0.15, 0.2) is 11.0 Å². The lowest BCUT2D eigenvalue weighted by atomic mass is 10.5. The zero-order valence-corrected chi connectivity index (χ0v) is 5.44. The van der Waals surface area contributed by atoms with E-state index in [1.807, 2.05) is 0 Å². The number of hydrogen-bond acceptors (Lipinski definition) is 4. The van der Waals surface area contributed by atoms with Crippen LogP contribution in [0.2, 0.25) is 0 Å². The fourth-order valence-electron chi connectivity index (χ4n) is 0.915. The van der Waals surface area contributed by atoms with Crippen molar-refractivity contribution >= 4 is 11.0 Å². The summed E-state index contributed by atoms with van der Waals surface area (Å²) < 4.78 is 0. The van der Waals surface area contributed by atoms with Crippen LogP contribution in [0.1, 0.15) is 0 Å². The zero-order valence-electron chi connectivity index (χ0n) is 5.44. The van der Waals surface area contributed by atoms with Gasteiger partial charge in [0.1, 0.15) is 0 Å². The van der Waals surface area contributed by atoms with Crippen LogP contribution in [0.15, 0.2) is 12.4 Å². The Balaban J connectivity index is 2.95. The van der Waals surface area contributed by atoms with Gasteiger partial charge >= 0.3 is 0 Å². The Morgan fingerprint density at radius 2 is 1.45 bits per heavy atom. The summed E-state index contributed by atoms with van der Waals surface area (Å²) in [5.41, 5.74) is 0.565. The molecule has 0 aliphatic rings. The number of nitrogens with one attached hydrogen (secondary N) is 1. The van der Waals surface area contributed by atoms with Crippen molar-refractivity contribution in [1.29, 1.82) is 0 Å². The van der Waals surface area contributed by atoms with E-state index in [0.717, 1.165) is 0 Å². The second-order valence-electron chi connectivity index (χ2n) is 2.08. The first-order chi connectivity index (χ1) is 5.29. The normalized spacial score (nSPS) is 10.5. The number of hydrogen-bond donors (Lipinski definition) is 3. The van der Waals surface area contributed by atoms with Crippen molar-refractivity contribution in [1.82, 2.24) is 15.0 Å². The molecule has 5 heteroatoms. The highest BCUT2D eigenvalue weighted by molar-refractivity contribution is 5.84. The number of aromatic hydroxyl groups is 2. The van der Waals surface area contributed by atoms with Gasteiger partial charge in [-0.1, -0.05) is 0 Å². The first-order valence-corrected chi connectivity index (χ1v) is 2.99. The first kappa shape index (κ1) is 5.96. The van der Waals surface area contributed by atoms with Gasteiger partial charge in [-0.05, 0) is 0 Å². The molecule has 0 atom stereocenters. The Bertz CT molecular complexity index is 360. The summed E-state index contributed by atoms with van der Waals surface area (Å²) in [5.74, 6) is -0.323. The molecular formula is C6H5N3O2. The van der Waals surface area contributed by atoms with Crippen LogP contribution in [0.3, 0.4) is 0 Å². The molecule has 2 heterocycles. The van der Waals surface area contributed by atoms with E-state index in [4.69, 9.17) is 10.2 Å². The molecule has 11 heavy (non-hydrogen) atoms. The van der Waals surface area contributed by atoms with Gasteiger partial charge in [-0.15, -0.1) is 0 Å². The van der Waals surface area contributed by atoms with Gasteiger partial charge in [0, 0.05) is 12.4 Å². The van der Waals surface area contributed by atoms with E-state index in [-0.39, 0.29) is 22.8 Å². The predicted molar refractivity (Wildman–Crippen MR) is 37.2 cm³/mol. The Hall–Kier alpha value is -1.78. The maximum absolute atomic E-state index is 9.07. The third kappa shape index (κ3) is 0.706. The van der Waals surface area contributed by atoms with E-state index in [9.17, 15) is 0 Å². The summed E-state index contributed by atoms with van der Waals surface area (Å²) in [5, 5.41) is 18.1. The Kier molecular flexibility index (Phi) is 1.00. The van der Waals surface area contributed by atoms with Crippen LogP contribution < -0.4 is 0 Å². The Morgan fingerprint density at radius 1 is 1.00 bits per heavy atom. The number of aromatic nitrogens is 3. The molecule has 2 rings (SSSR count). The van der Waals surface area contributed by atoms with Gasteiger partial charge in [0.05, 0.1) is 0 Å². The smallest absolute Gasteiger partial charge is 0.220 e. The molecule has 2 aromatic rings. The third-order valence-electron chi connectivity index (χ3n) is 1.38. The molecule has 0 spiro atoms. The Labute approximate surface area is 61.3 Å². The van der Waals surface area contributed by atoms with Crippen LogP contribution in [-0.2, 0) is 0 Å². The number of rotatable bonds is 0. The molecule has 0 radical (unpaired) electrons. The van der Waals surface area contributed by atoms with Crippen LogP contribution in [0, 0.1) is 0 Å². The summed E-state index contributed by atoms with van der Waals surface area (Å²) in [6.45, 7) is 0. The number of aromatic amines is 1. The molecule has 0 unspecified atom stereocenters. The number of fused-ring (bicyclic) bond motifs is 1. The van der Waals surface area contributed by atoms with E-state index in [0.29, 0.717) is 0 Å². The molecule has 0 saturated carbocycles. The van der Waals surface area contributed by atoms with E-state index >= 15 is 0 Å². The maximum Gasteiger partial charge on any atom is 0.220 e. The van der Waals surface area contributed by atoms with Gasteiger partial charge in [0.25, 0.3) is 0 Å². The molecule has 56 valence electrons. The van der Waals surface area contributed by atoms with Crippen LogP contribution in [-0.4, -0.2) is 25.2 Å². The minimum absolute atomic E-state index is 0.161. The fraction of sp³-hybridized carbons (Fsp3) is 0. The van der Waals surface area contributed by atoms with Crippen molar-refractivity contribution in [3.8, 4) is 11.8 Å². The molecule has 0 saturated heterocycles. The quantitative estimate of drug-likeness (QED) is 0.508. The number of nitrogens with zero attached hydrogens (tertiary/aromatic N) is 2. The molecule has 0 bridgehead atoms. The molecule has 0 amide bonds. The van der Waals surface area contributed by atoms with Crippen molar-refractivity contribution in [2.24, 2.45) is 0 Å². The maximum atomic E-state index is 9.07. The van der Waals surface area contributed by atoms with Crippen molar-refractivity contribution < 1.29 is 10.2 Å². The fourth-order valence-corrected chi connectivity index (χ4v) is 0.915. The molecule has 3 N–H and O–H groups in total. The molecule has 2 aromatic heterocycles. The van der Waals surface area contributed by atoms with Crippen molar-refractivity contribution in [3.05, 3.63) is 12.4 Å².